The molecule has 2 aliphatic rings. The number of hydrogen-bond donors (Lipinski definition) is 0. The van der Waals surface area contributed by atoms with Gasteiger partial charge in [-0.1, -0.05) is 0 Å². The Balaban J connectivity index is 1.47. The summed E-state index contributed by atoms with van der Waals surface area (Å²) in [5.41, 5.74) is 0. The number of aromatic nitrogens is 3. The van der Waals surface area contributed by atoms with Gasteiger partial charge in [0.2, 0.25) is 5.91 Å². The highest BCUT2D eigenvalue weighted by Crippen LogP contribution is 2.30. The van der Waals surface area contributed by atoms with Crippen molar-refractivity contribution in [2.75, 3.05) is 13.1 Å². The molecule has 1 amide bonds. The highest BCUT2D eigenvalue weighted by molar-refractivity contribution is 6.06. The van der Waals surface area contributed by atoms with Crippen LogP contribution in [0.1, 0.15) is 32.6 Å². The van der Waals surface area contributed by atoms with Crippen molar-refractivity contribution in [3.63, 3.8) is 0 Å². The number of likely N-dealkylation sites (tertiary alicyclic amines) is 1. The van der Waals surface area contributed by atoms with Gasteiger partial charge in [-0.25, -0.2) is 9.37 Å². The first-order chi connectivity index (χ1) is 11.0. The number of carbonyl (C=O) groups excluding carboxylic acids is 1. The number of alkyl halides is 1. The fraction of sp³-hybridized carbons (Fsp3) is 0.800. The minimum atomic E-state index is -0.904. The normalized spacial score (nSPS) is 31.2. The van der Waals surface area contributed by atoms with E-state index in [9.17, 15) is 9.18 Å². The van der Waals surface area contributed by atoms with E-state index in [0.717, 1.165) is 25.8 Å². The SMILES string of the molecule is [B]N(CC(=O)N1C[C@@H](F)C[C@H]1C)[C@@H]1CC[C@H](Cn2cncn2)C1. The molecule has 1 saturated heterocycles. The number of amides is 1. The first-order valence-corrected chi connectivity index (χ1v) is 8.30. The van der Waals surface area contributed by atoms with E-state index in [0.29, 0.717) is 12.3 Å². The van der Waals surface area contributed by atoms with Crippen LogP contribution in [-0.2, 0) is 11.3 Å². The summed E-state index contributed by atoms with van der Waals surface area (Å²) in [6, 6.07) is 0.168. The fourth-order valence-electron chi connectivity index (χ4n) is 3.80. The lowest BCUT2D eigenvalue weighted by atomic mass is 10.1. The molecule has 2 fully saturated rings. The predicted molar refractivity (Wildman–Crippen MR) is 84.3 cm³/mol. The average Bonchev–Trinajstić information content (AvgIpc) is 3.21. The second-order valence-electron chi connectivity index (χ2n) is 6.85. The molecule has 23 heavy (non-hydrogen) atoms. The number of carbonyl (C=O) groups is 1. The van der Waals surface area contributed by atoms with E-state index in [2.05, 4.69) is 10.1 Å². The lowest BCUT2D eigenvalue weighted by Crippen LogP contribution is -2.44. The quantitative estimate of drug-likeness (QED) is 0.753. The van der Waals surface area contributed by atoms with Crippen molar-refractivity contribution in [3.05, 3.63) is 12.7 Å². The maximum Gasteiger partial charge on any atom is 0.236 e. The molecule has 4 atom stereocenters. The van der Waals surface area contributed by atoms with Gasteiger partial charge in [-0.2, -0.15) is 5.10 Å². The molecule has 0 bridgehead atoms. The maximum atomic E-state index is 13.4. The third-order valence-corrected chi connectivity index (χ3v) is 5.06. The monoisotopic (exact) mass is 319 g/mol. The second-order valence-corrected chi connectivity index (χ2v) is 6.85. The van der Waals surface area contributed by atoms with Crippen LogP contribution >= 0.6 is 0 Å². The van der Waals surface area contributed by atoms with E-state index in [4.69, 9.17) is 7.98 Å². The Hall–Kier alpha value is -1.44. The van der Waals surface area contributed by atoms with Crippen molar-refractivity contribution in [1.29, 1.82) is 0 Å². The predicted octanol–water partition coefficient (Wildman–Crippen LogP) is 0.791. The first kappa shape index (κ1) is 16.4. The molecular weight excluding hydrogens is 296 g/mol. The molecule has 124 valence electrons. The van der Waals surface area contributed by atoms with Gasteiger partial charge in [-0.05, 0) is 38.1 Å². The number of nitrogens with zero attached hydrogens (tertiary/aromatic N) is 5. The van der Waals surface area contributed by atoms with Crippen molar-refractivity contribution in [3.8, 4) is 0 Å². The summed E-state index contributed by atoms with van der Waals surface area (Å²) in [5.74, 6) is 0.434. The summed E-state index contributed by atoms with van der Waals surface area (Å²) in [6.45, 7) is 3.10. The Labute approximate surface area is 137 Å². The van der Waals surface area contributed by atoms with E-state index >= 15 is 0 Å². The van der Waals surface area contributed by atoms with E-state index in [1.54, 1.807) is 16.0 Å². The van der Waals surface area contributed by atoms with E-state index in [1.807, 2.05) is 11.6 Å². The van der Waals surface area contributed by atoms with Gasteiger partial charge in [0.25, 0.3) is 0 Å². The van der Waals surface area contributed by atoms with Gasteiger partial charge in [-0.15, -0.1) is 0 Å². The highest BCUT2D eigenvalue weighted by atomic mass is 19.1. The van der Waals surface area contributed by atoms with Crippen LogP contribution in [0.4, 0.5) is 4.39 Å². The zero-order valence-corrected chi connectivity index (χ0v) is 13.5. The van der Waals surface area contributed by atoms with Gasteiger partial charge in [-0.3, -0.25) is 9.48 Å². The zero-order valence-electron chi connectivity index (χ0n) is 13.5. The molecule has 0 aromatic carbocycles. The summed E-state index contributed by atoms with van der Waals surface area (Å²) in [4.78, 5) is 19.5. The fourth-order valence-corrected chi connectivity index (χ4v) is 3.80. The Morgan fingerprint density at radius 3 is 2.91 bits per heavy atom. The van der Waals surface area contributed by atoms with Crippen LogP contribution in [0, 0.1) is 5.92 Å². The molecule has 0 unspecified atom stereocenters. The minimum absolute atomic E-state index is 0.0328. The molecule has 6 nitrogen and oxygen atoms in total. The summed E-state index contributed by atoms with van der Waals surface area (Å²) >= 11 is 0. The van der Waals surface area contributed by atoms with Gasteiger partial charge in [0, 0.05) is 19.0 Å². The Bertz CT molecular complexity index is 528. The lowest BCUT2D eigenvalue weighted by molar-refractivity contribution is -0.132. The third-order valence-electron chi connectivity index (χ3n) is 5.06. The third kappa shape index (κ3) is 3.91. The molecule has 8 heteroatoms. The highest BCUT2D eigenvalue weighted by Gasteiger charge is 2.34. The Morgan fingerprint density at radius 1 is 1.43 bits per heavy atom. The molecule has 2 heterocycles. The van der Waals surface area contributed by atoms with Crippen LogP contribution in [0.15, 0.2) is 12.7 Å². The van der Waals surface area contributed by atoms with Crippen LogP contribution in [0.3, 0.4) is 0 Å². The average molecular weight is 319 g/mol. The molecule has 3 rings (SSSR count). The van der Waals surface area contributed by atoms with Crippen LogP contribution in [0.2, 0.25) is 0 Å². The van der Waals surface area contributed by atoms with Crippen molar-refractivity contribution in [2.24, 2.45) is 5.92 Å². The van der Waals surface area contributed by atoms with Crippen LogP contribution in [0.25, 0.3) is 0 Å². The minimum Gasteiger partial charge on any atom is -0.343 e. The van der Waals surface area contributed by atoms with Crippen molar-refractivity contribution in [1.82, 2.24) is 24.5 Å². The number of rotatable bonds is 5. The van der Waals surface area contributed by atoms with Crippen molar-refractivity contribution in [2.45, 2.75) is 57.4 Å². The van der Waals surface area contributed by atoms with Gasteiger partial charge in [0.1, 0.15) is 18.8 Å². The Morgan fingerprint density at radius 2 is 2.26 bits per heavy atom. The van der Waals surface area contributed by atoms with Crippen LogP contribution < -0.4 is 0 Å². The van der Waals surface area contributed by atoms with Crippen molar-refractivity contribution >= 4 is 13.9 Å². The number of halogens is 1. The summed E-state index contributed by atoms with van der Waals surface area (Å²) < 4.78 is 15.2. The molecule has 1 aromatic rings. The molecule has 1 aliphatic carbocycles. The van der Waals surface area contributed by atoms with Gasteiger partial charge >= 0.3 is 0 Å². The van der Waals surface area contributed by atoms with Gasteiger partial charge in [0.05, 0.1) is 13.1 Å². The zero-order chi connectivity index (χ0) is 16.4. The first-order valence-electron chi connectivity index (χ1n) is 8.30. The molecule has 1 saturated carbocycles. The summed E-state index contributed by atoms with van der Waals surface area (Å²) in [6.07, 6.45) is 5.78. The molecule has 1 aliphatic heterocycles. The largest absolute Gasteiger partial charge is 0.343 e. The van der Waals surface area contributed by atoms with Gasteiger partial charge in [0.15, 0.2) is 7.98 Å². The van der Waals surface area contributed by atoms with E-state index in [1.165, 1.54) is 6.33 Å². The smallest absolute Gasteiger partial charge is 0.236 e. The topological polar surface area (TPSA) is 54.3 Å². The van der Waals surface area contributed by atoms with Crippen LogP contribution in [-0.4, -0.2) is 69.7 Å². The standard InChI is InChI=1S/C15H23BFN5O/c1-11-4-13(17)7-21(11)15(23)8-22(16)14-3-2-12(5-14)6-20-10-18-9-19-20/h9-14H,2-8H2,1H3/t11-,12+,13+,14-/m1/s1. The second kappa shape index (κ2) is 6.99. The summed E-state index contributed by atoms with van der Waals surface area (Å²) in [7, 11) is 6.12. The lowest BCUT2D eigenvalue weighted by Gasteiger charge is -2.28. The Kier molecular flexibility index (Phi) is 4.99. The summed E-state index contributed by atoms with van der Waals surface area (Å²) in [5, 5.41) is 4.13. The van der Waals surface area contributed by atoms with Gasteiger partial charge < -0.3 is 9.71 Å². The van der Waals surface area contributed by atoms with E-state index in [-0.39, 0.29) is 31.1 Å². The molecule has 0 spiro atoms. The molecule has 2 radical (unpaired) electrons. The molecular formula is C15H23BFN5O. The molecule has 1 aromatic heterocycles. The number of hydrogen-bond acceptors (Lipinski definition) is 4. The van der Waals surface area contributed by atoms with E-state index < -0.39 is 6.17 Å². The van der Waals surface area contributed by atoms with Crippen LogP contribution in [0.5, 0.6) is 0 Å². The van der Waals surface area contributed by atoms with Crippen molar-refractivity contribution < 1.29 is 9.18 Å². The molecule has 0 N–H and O–H groups in total. The maximum absolute atomic E-state index is 13.4.